The number of nitrogens with zero attached hydrogens (tertiary/aromatic N) is 1. The van der Waals surface area contributed by atoms with Gasteiger partial charge in [-0.25, -0.2) is 0 Å². The van der Waals surface area contributed by atoms with Crippen LogP contribution in [-0.2, 0) is 0 Å². The van der Waals surface area contributed by atoms with Gasteiger partial charge in [-0.2, -0.15) is 0 Å². The molecule has 0 aliphatic heterocycles. The first kappa shape index (κ1) is 18.9. The van der Waals surface area contributed by atoms with Gasteiger partial charge in [0.1, 0.15) is 0 Å². The van der Waals surface area contributed by atoms with E-state index in [4.69, 9.17) is 0 Å². The largest absolute Gasteiger partial charge is 0.391 e. The summed E-state index contributed by atoms with van der Waals surface area (Å²) >= 11 is 0. The van der Waals surface area contributed by atoms with Crippen LogP contribution in [0.4, 0.5) is 0 Å². The second-order valence-corrected chi connectivity index (χ2v) is 8.19. The molecular weight excluding hydrogens is 366 g/mol. The molecule has 1 saturated carbocycles. The molecule has 30 heavy (non-hydrogen) atoms. The molecule has 150 valence electrons. The summed E-state index contributed by atoms with van der Waals surface area (Å²) in [5.74, 6) is 0. The maximum atomic E-state index is 10.9. The number of hydrogen-bond acceptors (Lipinski definition) is 1. The summed E-state index contributed by atoms with van der Waals surface area (Å²) in [6.07, 6.45) is 6.13. The Bertz CT molecular complexity index is 1100. The van der Waals surface area contributed by atoms with Crippen molar-refractivity contribution in [3.63, 3.8) is 0 Å². The zero-order valence-corrected chi connectivity index (χ0v) is 17.1. The van der Waals surface area contributed by atoms with Gasteiger partial charge in [0.2, 0.25) is 0 Å². The third kappa shape index (κ3) is 3.48. The minimum Gasteiger partial charge on any atom is -0.391 e. The van der Waals surface area contributed by atoms with Gasteiger partial charge in [-0.1, -0.05) is 104 Å². The molecule has 0 spiro atoms. The van der Waals surface area contributed by atoms with Crippen LogP contribution in [0.15, 0.2) is 97.2 Å². The van der Waals surface area contributed by atoms with Crippen LogP contribution in [0.1, 0.15) is 31.7 Å². The zero-order valence-electron chi connectivity index (χ0n) is 17.1. The van der Waals surface area contributed by atoms with Crippen LogP contribution in [0, 0.1) is 0 Å². The van der Waals surface area contributed by atoms with Crippen molar-refractivity contribution in [3.8, 4) is 33.5 Å². The maximum absolute atomic E-state index is 10.9. The third-order valence-corrected chi connectivity index (χ3v) is 6.28. The van der Waals surface area contributed by atoms with Gasteiger partial charge in [-0.05, 0) is 29.5 Å². The molecule has 1 heterocycles. The van der Waals surface area contributed by atoms with E-state index in [9.17, 15) is 5.11 Å². The number of aliphatic hydroxyl groups is 1. The molecule has 2 atom stereocenters. The summed E-state index contributed by atoms with van der Waals surface area (Å²) in [5.41, 5.74) is 7.27. The Hall–Kier alpha value is -3.10. The van der Waals surface area contributed by atoms with Crippen molar-refractivity contribution in [2.45, 2.75) is 37.8 Å². The van der Waals surface area contributed by atoms with Crippen LogP contribution in [0.2, 0.25) is 0 Å². The molecule has 1 aromatic heterocycles. The molecule has 4 aromatic rings. The number of rotatable bonds is 4. The Kier molecular flexibility index (Phi) is 5.25. The van der Waals surface area contributed by atoms with Gasteiger partial charge >= 0.3 is 0 Å². The minimum atomic E-state index is -0.305. The van der Waals surface area contributed by atoms with E-state index in [1.165, 1.54) is 33.5 Å². The first-order valence-electron chi connectivity index (χ1n) is 10.9. The molecule has 2 heteroatoms. The third-order valence-electron chi connectivity index (χ3n) is 6.28. The zero-order chi connectivity index (χ0) is 20.3. The minimum absolute atomic E-state index is 0.105. The number of benzene rings is 3. The van der Waals surface area contributed by atoms with Crippen molar-refractivity contribution in [1.29, 1.82) is 0 Å². The van der Waals surface area contributed by atoms with Gasteiger partial charge in [0.15, 0.2) is 0 Å². The van der Waals surface area contributed by atoms with E-state index >= 15 is 0 Å². The highest BCUT2D eigenvalue weighted by atomic mass is 16.3. The van der Waals surface area contributed by atoms with Crippen LogP contribution >= 0.6 is 0 Å². The molecule has 1 fully saturated rings. The molecule has 5 rings (SSSR count). The maximum Gasteiger partial charge on any atom is 0.0747 e. The second kappa shape index (κ2) is 8.33. The van der Waals surface area contributed by atoms with Crippen molar-refractivity contribution in [3.05, 3.63) is 97.2 Å². The molecule has 0 saturated heterocycles. The first-order valence-corrected chi connectivity index (χ1v) is 10.9. The van der Waals surface area contributed by atoms with Gasteiger partial charge in [0, 0.05) is 17.3 Å². The number of aliphatic hydroxyl groups excluding tert-OH is 1. The highest BCUT2D eigenvalue weighted by Crippen LogP contribution is 2.45. The molecule has 0 radical (unpaired) electrons. The van der Waals surface area contributed by atoms with Crippen molar-refractivity contribution >= 4 is 0 Å². The predicted octanol–water partition coefficient (Wildman–Crippen LogP) is 6.97. The van der Waals surface area contributed by atoms with E-state index in [2.05, 4.69) is 102 Å². The Balaban J connectivity index is 1.82. The fraction of sp³-hybridized carbons (Fsp3) is 0.214. The van der Waals surface area contributed by atoms with Crippen molar-refractivity contribution in [1.82, 2.24) is 4.57 Å². The van der Waals surface area contributed by atoms with E-state index < -0.39 is 0 Å². The molecule has 1 aliphatic carbocycles. The molecule has 1 N–H and O–H groups in total. The van der Waals surface area contributed by atoms with E-state index in [1.807, 2.05) is 0 Å². The van der Waals surface area contributed by atoms with Crippen LogP contribution in [0.3, 0.4) is 0 Å². The monoisotopic (exact) mass is 393 g/mol. The van der Waals surface area contributed by atoms with Crippen LogP contribution in [-0.4, -0.2) is 15.8 Å². The SMILES string of the molecule is O[C@H]1CCCC[C@H]1n1cc(-c2ccccc2)c(-c2ccccc2)c1-c1ccccc1. The predicted molar refractivity (Wildman–Crippen MR) is 124 cm³/mol. The second-order valence-electron chi connectivity index (χ2n) is 8.19. The van der Waals surface area contributed by atoms with E-state index in [-0.39, 0.29) is 12.1 Å². The Morgan fingerprint density at radius 2 is 1.17 bits per heavy atom. The topological polar surface area (TPSA) is 25.2 Å². The van der Waals surface area contributed by atoms with Crippen LogP contribution in [0.5, 0.6) is 0 Å². The van der Waals surface area contributed by atoms with Crippen molar-refractivity contribution in [2.24, 2.45) is 0 Å². The normalized spacial score (nSPS) is 19.0. The Morgan fingerprint density at radius 3 is 1.77 bits per heavy atom. The summed E-state index contributed by atoms with van der Waals surface area (Å²) < 4.78 is 2.36. The number of hydrogen-bond donors (Lipinski definition) is 1. The molecule has 1 aliphatic rings. The van der Waals surface area contributed by atoms with E-state index in [0.717, 1.165) is 25.7 Å². The van der Waals surface area contributed by atoms with Gasteiger partial charge in [-0.3, -0.25) is 0 Å². The lowest BCUT2D eigenvalue weighted by Crippen LogP contribution is -2.27. The van der Waals surface area contributed by atoms with Gasteiger partial charge in [-0.15, -0.1) is 0 Å². The molecule has 0 unspecified atom stereocenters. The lowest BCUT2D eigenvalue weighted by atomic mass is 9.91. The summed E-state index contributed by atoms with van der Waals surface area (Å²) in [7, 11) is 0. The van der Waals surface area contributed by atoms with Gasteiger partial charge in [0.25, 0.3) is 0 Å². The van der Waals surface area contributed by atoms with Gasteiger partial charge < -0.3 is 9.67 Å². The lowest BCUT2D eigenvalue weighted by molar-refractivity contribution is 0.0765. The molecule has 2 nitrogen and oxygen atoms in total. The van der Waals surface area contributed by atoms with E-state index in [0.29, 0.717) is 0 Å². The molecular formula is C28H27NO. The van der Waals surface area contributed by atoms with Crippen molar-refractivity contribution in [2.75, 3.05) is 0 Å². The van der Waals surface area contributed by atoms with Gasteiger partial charge in [0.05, 0.1) is 17.8 Å². The quantitative estimate of drug-likeness (QED) is 0.398. The fourth-order valence-corrected chi connectivity index (χ4v) is 4.83. The molecule has 0 amide bonds. The average Bonchev–Trinajstić information content (AvgIpc) is 3.21. The highest BCUT2D eigenvalue weighted by Gasteiger charge is 2.29. The Labute approximate surface area is 178 Å². The first-order chi connectivity index (χ1) is 14.8. The molecule has 3 aromatic carbocycles. The van der Waals surface area contributed by atoms with Crippen LogP contribution in [0.25, 0.3) is 33.5 Å². The summed E-state index contributed by atoms with van der Waals surface area (Å²) in [5, 5.41) is 10.9. The summed E-state index contributed by atoms with van der Waals surface area (Å²) in [4.78, 5) is 0. The molecule has 0 bridgehead atoms. The summed E-state index contributed by atoms with van der Waals surface area (Å²) in [6, 6.07) is 32.0. The Morgan fingerprint density at radius 1 is 0.633 bits per heavy atom. The van der Waals surface area contributed by atoms with Crippen molar-refractivity contribution < 1.29 is 5.11 Å². The highest BCUT2D eigenvalue weighted by molar-refractivity contribution is 5.94. The van der Waals surface area contributed by atoms with E-state index in [1.54, 1.807) is 0 Å². The fourth-order valence-electron chi connectivity index (χ4n) is 4.83. The smallest absolute Gasteiger partial charge is 0.0747 e. The lowest BCUT2D eigenvalue weighted by Gasteiger charge is -2.31. The number of aromatic nitrogens is 1. The average molecular weight is 394 g/mol. The standard InChI is InChI=1S/C28H27NO/c30-26-19-11-10-18-25(26)29-20-24(21-12-4-1-5-13-21)27(22-14-6-2-7-15-22)28(29)23-16-8-3-9-17-23/h1-9,12-17,20,25-26,30H,10-11,18-19H2/t25-,26+/m1/s1. The van der Waals surface area contributed by atoms with Crippen LogP contribution < -0.4 is 0 Å². The summed E-state index contributed by atoms with van der Waals surface area (Å²) in [6.45, 7) is 0.